The molecule has 164 valence electrons. The molecule has 0 aliphatic carbocycles. The molecule has 0 saturated carbocycles. The molecule has 0 heterocycles. The highest BCUT2D eigenvalue weighted by Gasteiger charge is 2.28. The summed E-state index contributed by atoms with van der Waals surface area (Å²) in [4.78, 5) is 0. The summed E-state index contributed by atoms with van der Waals surface area (Å²) in [5.41, 5.74) is 0.492. The zero-order valence-electron chi connectivity index (χ0n) is 20.9. The van der Waals surface area contributed by atoms with E-state index in [1.54, 1.807) is 0 Å². The van der Waals surface area contributed by atoms with Gasteiger partial charge in [0, 0.05) is 0 Å². The fourth-order valence-corrected chi connectivity index (χ4v) is 5.02. The van der Waals surface area contributed by atoms with Crippen LogP contribution in [0.1, 0.15) is 139 Å². The van der Waals surface area contributed by atoms with Crippen LogP contribution in [0.2, 0.25) is 0 Å². The lowest BCUT2D eigenvalue weighted by Crippen LogP contribution is -2.25. The maximum Gasteiger partial charge on any atom is -0.0331 e. The van der Waals surface area contributed by atoms with Crippen molar-refractivity contribution in [2.45, 2.75) is 139 Å². The first-order chi connectivity index (χ1) is 12.7. The molecule has 0 amide bonds. The first-order valence-electron chi connectivity index (χ1n) is 12.7. The molecule has 27 heavy (non-hydrogen) atoms. The average molecular weight is 381 g/mol. The van der Waals surface area contributed by atoms with E-state index in [1.165, 1.54) is 77.0 Å². The molecular weight excluding hydrogens is 324 g/mol. The lowest BCUT2D eigenvalue weighted by Gasteiger charge is -2.35. The largest absolute Gasteiger partial charge is 0.0654 e. The van der Waals surface area contributed by atoms with Gasteiger partial charge in [0.25, 0.3) is 0 Å². The van der Waals surface area contributed by atoms with Gasteiger partial charge in [0.2, 0.25) is 0 Å². The molecular formula is C27H56. The van der Waals surface area contributed by atoms with E-state index in [1.807, 2.05) is 0 Å². The molecule has 0 aliphatic rings. The summed E-state index contributed by atoms with van der Waals surface area (Å²) in [5, 5.41) is 0. The summed E-state index contributed by atoms with van der Waals surface area (Å²) >= 11 is 0. The molecule has 0 bridgehead atoms. The average Bonchev–Trinajstić information content (AvgIpc) is 2.65. The summed E-state index contributed by atoms with van der Waals surface area (Å²) in [7, 11) is 0. The van der Waals surface area contributed by atoms with Crippen LogP contribution in [-0.4, -0.2) is 0 Å². The Hall–Kier alpha value is 0. The molecule has 0 radical (unpaired) electrons. The predicted octanol–water partition coefficient (Wildman–Crippen LogP) is 9.91. The Balaban J connectivity index is 4.74. The van der Waals surface area contributed by atoms with E-state index in [0.717, 1.165) is 29.6 Å². The van der Waals surface area contributed by atoms with E-state index < -0.39 is 0 Å². The first-order valence-corrected chi connectivity index (χ1v) is 12.7. The van der Waals surface area contributed by atoms with Crippen molar-refractivity contribution in [2.24, 2.45) is 35.0 Å². The number of rotatable bonds is 17. The fraction of sp³-hybridized carbons (Fsp3) is 1.00. The zero-order chi connectivity index (χ0) is 20.9. The van der Waals surface area contributed by atoms with E-state index in [0.29, 0.717) is 5.41 Å². The van der Waals surface area contributed by atoms with Gasteiger partial charge in [0.15, 0.2) is 0 Å². The van der Waals surface area contributed by atoms with Gasteiger partial charge < -0.3 is 0 Å². The summed E-state index contributed by atoms with van der Waals surface area (Å²) in [6.07, 6.45) is 16.9. The van der Waals surface area contributed by atoms with E-state index in [9.17, 15) is 0 Å². The van der Waals surface area contributed by atoms with Gasteiger partial charge in [-0.3, -0.25) is 0 Å². The second-order valence-corrected chi connectivity index (χ2v) is 10.5. The Morgan fingerprint density at radius 1 is 0.667 bits per heavy atom. The molecule has 0 rings (SSSR count). The van der Waals surface area contributed by atoms with E-state index in [-0.39, 0.29) is 0 Å². The monoisotopic (exact) mass is 380 g/mol. The van der Waals surface area contributed by atoms with Crippen molar-refractivity contribution in [3.8, 4) is 0 Å². The second kappa shape index (κ2) is 14.9. The van der Waals surface area contributed by atoms with Crippen LogP contribution in [0.5, 0.6) is 0 Å². The molecule has 0 aromatic carbocycles. The Labute approximate surface area is 174 Å². The number of hydrogen-bond acceptors (Lipinski definition) is 0. The molecule has 5 atom stereocenters. The molecule has 0 aromatic rings. The van der Waals surface area contributed by atoms with Crippen molar-refractivity contribution in [3.63, 3.8) is 0 Å². The third-order valence-electron chi connectivity index (χ3n) is 8.09. The second-order valence-electron chi connectivity index (χ2n) is 10.5. The van der Waals surface area contributed by atoms with Gasteiger partial charge >= 0.3 is 0 Å². The Morgan fingerprint density at radius 2 is 1.33 bits per heavy atom. The first kappa shape index (κ1) is 27.0. The molecule has 5 unspecified atom stereocenters. The third kappa shape index (κ3) is 10.9. The van der Waals surface area contributed by atoms with Gasteiger partial charge in [-0.15, -0.1) is 0 Å². The van der Waals surface area contributed by atoms with Crippen LogP contribution in [0, 0.1) is 35.0 Å². The van der Waals surface area contributed by atoms with Gasteiger partial charge in [-0.25, -0.2) is 0 Å². The Morgan fingerprint density at radius 3 is 1.81 bits per heavy atom. The highest BCUT2D eigenvalue weighted by Crippen LogP contribution is 2.39. The highest BCUT2D eigenvalue weighted by molar-refractivity contribution is 4.79. The van der Waals surface area contributed by atoms with Crippen molar-refractivity contribution in [1.29, 1.82) is 0 Å². The van der Waals surface area contributed by atoms with Gasteiger partial charge in [0.05, 0.1) is 0 Å². The topological polar surface area (TPSA) is 0 Å². The minimum Gasteiger partial charge on any atom is -0.0654 e. The van der Waals surface area contributed by atoms with Crippen LogP contribution in [0.25, 0.3) is 0 Å². The fourth-order valence-electron chi connectivity index (χ4n) is 5.02. The van der Waals surface area contributed by atoms with Crippen molar-refractivity contribution >= 4 is 0 Å². The van der Waals surface area contributed by atoms with E-state index in [2.05, 4.69) is 62.3 Å². The molecule has 0 fully saturated rings. The SMILES string of the molecule is CCCCCC(CCC)CC(CC)C(C)CC(CC)CC(C)C(C)(C)CC. The van der Waals surface area contributed by atoms with Crippen LogP contribution in [-0.2, 0) is 0 Å². The maximum absolute atomic E-state index is 2.57. The Kier molecular flexibility index (Phi) is 14.9. The number of unbranched alkanes of at least 4 members (excludes halogenated alkanes) is 2. The Bertz CT molecular complexity index is 329. The molecule has 0 aromatic heterocycles. The van der Waals surface area contributed by atoms with E-state index >= 15 is 0 Å². The minimum atomic E-state index is 0.492. The molecule has 0 saturated heterocycles. The van der Waals surface area contributed by atoms with E-state index in [4.69, 9.17) is 0 Å². The smallest absolute Gasteiger partial charge is 0.0331 e. The summed E-state index contributed by atoms with van der Waals surface area (Å²) < 4.78 is 0. The quantitative estimate of drug-likeness (QED) is 0.220. The maximum atomic E-state index is 2.57. The van der Waals surface area contributed by atoms with Crippen LogP contribution < -0.4 is 0 Å². The van der Waals surface area contributed by atoms with Gasteiger partial charge in [-0.2, -0.15) is 0 Å². The standard InChI is InChI=1S/C27H56/c1-10-15-16-18-25(17-11-2)21-26(13-4)22(6)19-24(12-3)20-23(7)27(8,9)14-5/h22-26H,10-21H2,1-9H3. The molecule has 0 spiro atoms. The lowest BCUT2D eigenvalue weighted by atomic mass is 9.70. The van der Waals surface area contributed by atoms with Crippen LogP contribution >= 0.6 is 0 Å². The highest BCUT2D eigenvalue weighted by atomic mass is 14.3. The van der Waals surface area contributed by atoms with Crippen LogP contribution in [0.15, 0.2) is 0 Å². The van der Waals surface area contributed by atoms with Crippen LogP contribution in [0.4, 0.5) is 0 Å². The summed E-state index contributed by atoms with van der Waals surface area (Å²) in [6, 6.07) is 0. The minimum absolute atomic E-state index is 0.492. The van der Waals surface area contributed by atoms with Crippen LogP contribution in [0.3, 0.4) is 0 Å². The summed E-state index contributed by atoms with van der Waals surface area (Å²) in [6.45, 7) is 21.9. The molecule has 0 heteroatoms. The third-order valence-corrected chi connectivity index (χ3v) is 8.09. The zero-order valence-corrected chi connectivity index (χ0v) is 20.9. The van der Waals surface area contributed by atoms with Crippen molar-refractivity contribution in [2.75, 3.05) is 0 Å². The van der Waals surface area contributed by atoms with Gasteiger partial charge in [-0.1, -0.05) is 120 Å². The molecule has 0 N–H and O–H groups in total. The van der Waals surface area contributed by atoms with Crippen molar-refractivity contribution in [1.82, 2.24) is 0 Å². The lowest BCUT2D eigenvalue weighted by molar-refractivity contribution is 0.155. The molecule has 0 aliphatic heterocycles. The normalized spacial score (nSPS) is 18.1. The predicted molar refractivity (Wildman–Crippen MR) is 126 cm³/mol. The number of hydrogen-bond donors (Lipinski definition) is 0. The summed E-state index contributed by atoms with van der Waals surface area (Å²) in [5.74, 6) is 4.56. The van der Waals surface area contributed by atoms with Crippen molar-refractivity contribution < 1.29 is 0 Å². The van der Waals surface area contributed by atoms with Crippen molar-refractivity contribution in [3.05, 3.63) is 0 Å². The van der Waals surface area contributed by atoms with Gasteiger partial charge in [0.1, 0.15) is 0 Å². The molecule has 0 nitrogen and oxygen atoms in total. The van der Waals surface area contributed by atoms with Gasteiger partial charge in [-0.05, 0) is 54.3 Å².